The van der Waals surface area contributed by atoms with E-state index in [1.807, 2.05) is 0 Å². The molecule has 1 aromatic rings. The van der Waals surface area contributed by atoms with E-state index in [0.717, 1.165) is 0 Å². The first-order chi connectivity index (χ1) is 8.93. The summed E-state index contributed by atoms with van der Waals surface area (Å²) in [4.78, 5) is 22.8. The zero-order chi connectivity index (χ0) is 14.4. The van der Waals surface area contributed by atoms with Crippen LogP contribution in [0.3, 0.4) is 0 Å². The summed E-state index contributed by atoms with van der Waals surface area (Å²) in [5, 5.41) is 4.40. The highest BCUT2D eigenvalue weighted by molar-refractivity contribution is 7.80. The standard InChI is InChI=1S/C12H15N3O3S/c1-7(11(16)15-12(17)14-2)18-9-5-3-4-8(6-9)10(13)19/h3-7H,1-2H3,(H2,13,19)(H2,14,15,16,17). The van der Waals surface area contributed by atoms with Crippen LogP contribution >= 0.6 is 12.2 Å². The summed E-state index contributed by atoms with van der Waals surface area (Å²) in [5.74, 6) is -0.0927. The number of nitrogens with one attached hydrogen (secondary N) is 2. The van der Waals surface area contributed by atoms with Crippen molar-refractivity contribution in [2.24, 2.45) is 5.73 Å². The van der Waals surface area contributed by atoms with Gasteiger partial charge in [0.25, 0.3) is 5.91 Å². The summed E-state index contributed by atoms with van der Waals surface area (Å²) in [6.45, 7) is 1.53. The van der Waals surface area contributed by atoms with Crippen LogP contribution in [0.15, 0.2) is 24.3 Å². The normalized spacial score (nSPS) is 11.3. The van der Waals surface area contributed by atoms with Gasteiger partial charge in [0.2, 0.25) is 0 Å². The molecule has 0 saturated heterocycles. The third-order valence-corrected chi connectivity index (χ3v) is 2.50. The third kappa shape index (κ3) is 4.55. The molecule has 102 valence electrons. The Morgan fingerprint density at radius 2 is 2.11 bits per heavy atom. The van der Waals surface area contributed by atoms with Crippen LogP contribution in [0.2, 0.25) is 0 Å². The maximum atomic E-state index is 11.6. The van der Waals surface area contributed by atoms with E-state index in [4.69, 9.17) is 22.7 Å². The number of amides is 3. The maximum Gasteiger partial charge on any atom is 0.321 e. The molecule has 0 aliphatic rings. The molecule has 1 aromatic carbocycles. The minimum atomic E-state index is -0.820. The Morgan fingerprint density at radius 3 is 2.68 bits per heavy atom. The number of hydrogen-bond donors (Lipinski definition) is 3. The van der Waals surface area contributed by atoms with E-state index in [0.29, 0.717) is 11.3 Å². The minimum absolute atomic E-state index is 0.243. The van der Waals surface area contributed by atoms with Gasteiger partial charge in [0, 0.05) is 12.6 Å². The molecule has 0 aliphatic heterocycles. The highest BCUT2D eigenvalue weighted by Crippen LogP contribution is 2.15. The highest BCUT2D eigenvalue weighted by atomic mass is 32.1. The monoisotopic (exact) mass is 281 g/mol. The summed E-state index contributed by atoms with van der Waals surface area (Å²) in [7, 11) is 1.42. The highest BCUT2D eigenvalue weighted by Gasteiger charge is 2.16. The van der Waals surface area contributed by atoms with Crippen LogP contribution in [-0.4, -0.2) is 30.1 Å². The molecule has 0 aliphatic carbocycles. The molecule has 19 heavy (non-hydrogen) atoms. The molecule has 0 fully saturated rings. The molecule has 1 unspecified atom stereocenters. The number of carbonyl (C=O) groups is 2. The quantitative estimate of drug-likeness (QED) is 0.701. The van der Waals surface area contributed by atoms with Crippen molar-refractivity contribution in [1.82, 2.24) is 10.6 Å². The Labute approximate surface area is 116 Å². The van der Waals surface area contributed by atoms with Crippen molar-refractivity contribution in [1.29, 1.82) is 0 Å². The minimum Gasteiger partial charge on any atom is -0.481 e. The first-order valence-corrected chi connectivity index (χ1v) is 5.94. The molecule has 6 nitrogen and oxygen atoms in total. The van der Waals surface area contributed by atoms with Crippen LogP contribution in [0.25, 0.3) is 0 Å². The Hall–Kier alpha value is -2.15. The topological polar surface area (TPSA) is 93.5 Å². The molecular weight excluding hydrogens is 266 g/mol. The Bertz CT molecular complexity index is 505. The summed E-state index contributed by atoms with van der Waals surface area (Å²) in [6, 6.07) is 6.17. The number of imide groups is 1. The molecule has 1 atom stereocenters. The number of ether oxygens (including phenoxy) is 1. The van der Waals surface area contributed by atoms with Crippen LogP contribution in [0.5, 0.6) is 5.75 Å². The molecule has 0 heterocycles. The van der Waals surface area contributed by atoms with Crippen LogP contribution in [0.1, 0.15) is 12.5 Å². The van der Waals surface area contributed by atoms with E-state index < -0.39 is 18.0 Å². The zero-order valence-electron chi connectivity index (χ0n) is 10.6. The van der Waals surface area contributed by atoms with Crippen molar-refractivity contribution in [3.8, 4) is 5.75 Å². The second-order valence-electron chi connectivity index (χ2n) is 3.72. The Morgan fingerprint density at radius 1 is 1.42 bits per heavy atom. The molecule has 0 spiro atoms. The van der Waals surface area contributed by atoms with E-state index >= 15 is 0 Å². The first-order valence-electron chi connectivity index (χ1n) is 5.53. The summed E-state index contributed by atoms with van der Waals surface area (Å²) in [6.07, 6.45) is -0.820. The summed E-state index contributed by atoms with van der Waals surface area (Å²) in [5.41, 5.74) is 6.15. The van der Waals surface area contributed by atoms with Crippen LogP contribution in [-0.2, 0) is 4.79 Å². The summed E-state index contributed by atoms with van der Waals surface area (Å²) >= 11 is 4.85. The number of hydrogen-bond acceptors (Lipinski definition) is 4. The lowest BCUT2D eigenvalue weighted by Crippen LogP contribution is -2.43. The molecule has 0 bridgehead atoms. The van der Waals surface area contributed by atoms with Gasteiger partial charge in [0.1, 0.15) is 10.7 Å². The lowest BCUT2D eigenvalue weighted by molar-refractivity contribution is -0.126. The van der Waals surface area contributed by atoms with Crippen molar-refractivity contribution in [2.75, 3.05) is 7.05 Å². The molecule has 0 aromatic heterocycles. The Balaban J connectivity index is 2.68. The number of carbonyl (C=O) groups excluding carboxylic acids is 2. The van der Waals surface area contributed by atoms with Crippen LogP contribution in [0.4, 0.5) is 4.79 Å². The number of thiocarbonyl (C=S) groups is 1. The van der Waals surface area contributed by atoms with Gasteiger partial charge in [0.05, 0.1) is 0 Å². The van der Waals surface area contributed by atoms with Gasteiger partial charge in [-0.2, -0.15) is 0 Å². The van der Waals surface area contributed by atoms with E-state index in [1.165, 1.54) is 14.0 Å². The smallest absolute Gasteiger partial charge is 0.321 e. The fourth-order valence-corrected chi connectivity index (χ4v) is 1.38. The van der Waals surface area contributed by atoms with Crippen molar-refractivity contribution < 1.29 is 14.3 Å². The maximum absolute atomic E-state index is 11.6. The third-order valence-electron chi connectivity index (χ3n) is 2.26. The van der Waals surface area contributed by atoms with Gasteiger partial charge < -0.3 is 15.8 Å². The van der Waals surface area contributed by atoms with E-state index in [1.54, 1.807) is 24.3 Å². The predicted octanol–water partition coefficient (Wildman–Crippen LogP) is 0.544. The predicted molar refractivity (Wildman–Crippen MR) is 75.0 cm³/mol. The molecule has 3 amide bonds. The van der Waals surface area contributed by atoms with Gasteiger partial charge in [-0.3, -0.25) is 10.1 Å². The lowest BCUT2D eigenvalue weighted by atomic mass is 10.2. The van der Waals surface area contributed by atoms with Crippen LogP contribution in [0, 0.1) is 0 Å². The Kier molecular flexibility index (Phi) is 5.25. The first kappa shape index (κ1) is 14.9. The average Bonchev–Trinajstić information content (AvgIpc) is 2.38. The van der Waals surface area contributed by atoms with Gasteiger partial charge in [-0.25, -0.2) is 4.79 Å². The molecule has 0 radical (unpaired) electrons. The van der Waals surface area contributed by atoms with Crippen molar-refractivity contribution in [3.05, 3.63) is 29.8 Å². The number of urea groups is 1. The number of benzene rings is 1. The van der Waals surface area contributed by atoms with Crippen molar-refractivity contribution in [3.63, 3.8) is 0 Å². The fraction of sp³-hybridized carbons (Fsp3) is 0.250. The van der Waals surface area contributed by atoms with E-state index in [2.05, 4.69) is 10.6 Å². The average molecular weight is 281 g/mol. The van der Waals surface area contributed by atoms with Gasteiger partial charge in [0.15, 0.2) is 6.10 Å². The fourth-order valence-electron chi connectivity index (χ4n) is 1.26. The lowest BCUT2D eigenvalue weighted by Gasteiger charge is -2.14. The number of rotatable bonds is 4. The second-order valence-corrected chi connectivity index (χ2v) is 4.16. The number of nitrogens with two attached hydrogens (primary N) is 1. The molecular formula is C12H15N3O3S. The van der Waals surface area contributed by atoms with E-state index in [9.17, 15) is 9.59 Å². The van der Waals surface area contributed by atoms with Crippen molar-refractivity contribution >= 4 is 29.1 Å². The SMILES string of the molecule is CNC(=O)NC(=O)C(C)Oc1cccc(C(N)=S)c1. The summed E-state index contributed by atoms with van der Waals surface area (Å²) < 4.78 is 5.41. The molecule has 7 heteroatoms. The van der Waals surface area contributed by atoms with Crippen LogP contribution < -0.4 is 21.1 Å². The zero-order valence-corrected chi connectivity index (χ0v) is 11.4. The second kappa shape index (κ2) is 6.69. The molecule has 1 rings (SSSR count). The van der Waals surface area contributed by atoms with Gasteiger partial charge in [-0.05, 0) is 19.1 Å². The van der Waals surface area contributed by atoms with Gasteiger partial charge >= 0.3 is 6.03 Å². The largest absolute Gasteiger partial charge is 0.481 e. The van der Waals surface area contributed by atoms with Gasteiger partial charge in [-0.1, -0.05) is 24.4 Å². The van der Waals surface area contributed by atoms with Crippen molar-refractivity contribution in [2.45, 2.75) is 13.0 Å². The van der Waals surface area contributed by atoms with E-state index in [-0.39, 0.29) is 4.99 Å². The van der Waals surface area contributed by atoms with Gasteiger partial charge in [-0.15, -0.1) is 0 Å². The molecule has 0 saturated carbocycles. The molecule has 4 N–H and O–H groups in total.